The van der Waals surface area contributed by atoms with Crippen molar-refractivity contribution in [3.8, 4) is 5.75 Å². The number of hydrogen-bond acceptors (Lipinski definition) is 3. The average molecular weight is 342 g/mol. The van der Waals surface area contributed by atoms with E-state index in [0.717, 1.165) is 12.2 Å². The van der Waals surface area contributed by atoms with Gasteiger partial charge in [0.2, 0.25) is 0 Å². The number of piperazine rings is 1. The van der Waals surface area contributed by atoms with Gasteiger partial charge in [-0.1, -0.05) is 30.3 Å². The first-order valence-electron chi connectivity index (χ1n) is 9.07. The van der Waals surface area contributed by atoms with Gasteiger partial charge in [-0.05, 0) is 50.2 Å². The second-order valence-corrected chi connectivity index (χ2v) is 6.77. The Kier molecular flexibility index (Phi) is 6.42. The first-order valence-corrected chi connectivity index (χ1v) is 9.07. The molecule has 0 aromatic heterocycles. The molecule has 0 atom stereocenters. The zero-order valence-corrected chi connectivity index (χ0v) is 15.0. The van der Waals surface area contributed by atoms with Crippen LogP contribution in [0.5, 0.6) is 5.75 Å². The number of likely N-dealkylation sites (N-methyl/N-ethyl adjacent to an activating group) is 1. The molecule has 0 N–H and O–H groups in total. The molecule has 2 aromatic rings. The van der Waals surface area contributed by atoms with E-state index in [1.807, 2.05) is 18.2 Å². The number of ether oxygens (including phenoxy) is 1. The van der Waals surface area contributed by atoms with Crippen LogP contribution < -0.4 is 4.74 Å². The monoisotopic (exact) mass is 342 g/mol. The summed E-state index contributed by atoms with van der Waals surface area (Å²) in [5.41, 5.74) is 1.91. The van der Waals surface area contributed by atoms with E-state index in [2.05, 4.69) is 29.0 Å². The maximum atomic E-state index is 13.6. The molecule has 3 nitrogen and oxygen atoms in total. The minimum Gasteiger partial charge on any atom is -0.489 e. The second-order valence-electron chi connectivity index (χ2n) is 6.77. The molecule has 0 aliphatic carbocycles. The number of aryl methyl sites for hydroxylation is 1. The summed E-state index contributed by atoms with van der Waals surface area (Å²) >= 11 is 0. The van der Waals surface area contributed by atoms with Crippen molar-refractivity contribution in [3.63, 3.8) is 0 Å². The molecule has 0 bridgehead atoms. The van der Waals surface area contributed by atoms with Crippen LogP contribution in [-0.2, 0) is 13.0 Å². The summed E-state index contributed by atoms with van der Waals surface area (Å²) in [7, 11) is 2.19. The van der Waals surface area contributed by atoms with Gasteiger partial charge in [-0.2, -0.15) is 0 Å². The maximum absolute atomic E-state index is 13.6. The summed E-state index contributed by atoms with van der Waals surface area (Å²) in [5, 5.41) is 0. The topological polar surface area (TPSA) is 15.7 Å². The Balaban J connectivity index is 1.40. The van der Waals surface area contributed by atoms with Crippen molar-refractivity contribution in [2.24, 2.45) is 0 Å². The van der Waals surface area contributed by atoms with Gasteiger partial charge in [-0.3, -0.25) is 0 Å². The SMILES string of the molecule is CN1CCN(CCCc2ccc(OCc3ccccc3F)cc2)CC1. The highest BCUT2D eigenvalue weighted by molar-refractivity contribution is 5.28. The van der Waals surface area contributed by atoms with E-state index in [4.69, 9.17) is 4.74 Å². The Morgan fingerprint density at radius 3 is 2.40 bits per heavy atom. The van der Waals surface area contributed by atoms with Crippen LogP contribution in [0.1, 0.15) is 17.5 Å². The van der Waals surface area contributed by atoms with Crippen LogP contribution in [0.3, 0.4) is 0 Å². The minimum atomic E-state index is -0.219. The highest BCUT2D eigenvalue weighted by Gasteiger charge is 2.12. The molecule has 1 aliphatic heterocycles. The molecule has 1 fully saturated rings. The molecule has 25 heavy (non-hydrogen) atoms. The predicted molar refractivity (Wildman–Crippen MR) is 99.4 cm³/mol. The van der Waals surface area contributed by atoms with Crippen molar-refractivity contribution in [3.05, 3.63) is 65.5 Å². The van der Waals surface area contributed by atoms with Gasteiger partial charge in [-0.15, -0.1) is 0 Å². The van der Waals surface area contributed by atoms with Crippen molar-refractivity contribution >= 4 is 0 Å². The fourth-order valence-electron chi connectivity index (χ4n) is 3.11. The molecule has 4 heteroatoms. The number of rotatable bonds is 7. The van der Waals surface area contributed by atoms with Crippen molar-refractivity contribution in [2.45, 2.75) is 19.4 Å². The summed E-state index contributed by atoms with van der Waals surface area (Å²) in [6, 6.07) is 14.9. The lowest BCUT2D eigenvalue weighted by atomic mass is 10.1. The van der Waals surface area contributed by atoms with Crippen LogP contribution in [0.4, 0.5) is 4.39 Å². The fourth-order valence-corrected chi connectivity index (χ4v) is 3.11. The largest absolute Gasteiger partial charge is 0.489 e. The molecule has 0 unspecified atom stereocenters. The highest BCUT2D eigenvalue weighted by Crippen LogP contribution is 2.16. The molecule has 1 saturated heterocycles. The van der Waals surface area contributed by atoms with Gasteiger partial charge in [0.05, 0.1) is 0 Å². The molecule has 1 aliphatic rings. The van der Waals surface area contributed by atoms with Crippen LogP contribution in [0.15, 0.2) is 48.5 Å². The van der Waals surface area contributed by atoms with Crippen LogP contribution in [0.2, 0.25) is 0 Å². The molecule has 3 rings (SSSR count). The van der Waals surface area contributed by atoms with Gasteiger partial charge < -0.3 is 14.5 Å². The smallest absolute Gasteiger partial charge is 0.129 e. The van der Waals surface area contributed by atoms with Gasteiger partial charge in [-0.25, -0.2) is 4.39 Å². The summed E-state index contributed by atoms with van der Waals surface area (Å²) in [6.07, 6.45) is 2.26. The van der Waals surface area contributed by atoms with E-state index in [9.17, 15) is 4.39 Å². The second kappa shape index (κ2) is 8.97. The molecule has 0 spiro atoms. The molecule has 0 saturated carbocycles. The first kappa shape index (κ1) is 17.9. The normalized spacial score (nSPS) is 16.1. The Morgan fingerprint density at radius 2 is 1.68 bits per heavy atom. The van der Waals surface area contributed by atoms with Crippen LogP contribution in [0, 0.1) is 5.82 Å². The summed E-state index contributed by atoms with van der Waals surface area (Å²) in [6.45, 7) is 6.13. The van der Waals surface area contributed by atoms with Gasteiger partial charge in [0.25, 0.3) is 0 Å². The minimum absolute atomic E-state index is 0.219. The molecular formula is C21H27FN2O. The van der Waals surface area contributed by atoms with E-state index < -0.39 is 0 Å². The highest BCUT2D eigenvalue weighted by atomic mass is 19.1. The molecule has 134 valence electrons. The molecular weight excluding hydrogens is 315 g/mol. The third-order valence-corrected chi connectivity index (χ3v) is 4.81. The third-order valence-electron chi connectivity index (χ3n) is 4.81. The number of nitrogens with zero attached hydrogens (tertiary/aromatic N) is 2. The van der Waals surface area contributed by atoms with Crippen molar-refractivity contribution in [2.75, 3.05) is 39.8 Å². The van der Waals surface area contributed by atoms with Gasteiger partial charge >= 0.3 is 0 Å². The predicted octanol–water partition coefficient (Wildman–Crippen LogP) is 3.58. The van der Waals surface area contributed by atoms with Crippen molar-refractivity contribution in [1.82, 2.24) is 9.80 Å². The van der Waals surface area contributed by atoms with Crippen LogP contribution in [0.25, 0.3) is 0 Å². The quantitative estimate of drug-likeness (QED) is 0.765. The lowest BCUT2D eigenvalue weighted by Gasteiger charge is -2.32. The summed E-state index contributed by atoms with van der Waals surface area (Å²) in [4.78, 5) is 4.93. The van der Waals surface area contributed by atoms with E-state index in [1.165, 1.54) is 50.8 Å². The number of hydrogen-bond donors (Lipinski definition) is 0. The number of benzene rings is 2. The fraction of sp³-hybridized carbons (Fsp3) is 0.429. The Morgan fingerprint density at radius 1 is 0.960 bits per heavy atom. The summed E-state index contributed by atoms with van der Waals surface area (Å²) in [5.74, 6) is 0.564. The van der Waals surface area contributed by atoms with Crippen LogP contribution >= 0.6 is 0 Å². The zero-order chi connectivity index (χ0) is 17.5. The molecule has 0 amide bonds. The Bertz CT molecular complexity index is 651. The standard InChI is InChI=1S/C21H27FN2O/c1-23-13-15-24(16-14-23)12-4-5-18-8-10-20(11-9-18)25-17-19-6-2-3-7-21(19)22/h2-3,6-11H,4-5,12-17H2,1H3. The van der Waals surface area contributed by atoms with E-state index in [-0.39, 0.29) is 12.4 Å². The molecule has 0 radical (unpaired) electrons. The average Bonchev–Trinajstić information content (AvgIpc) is 2.64. The van der Waals surface area contributed by atoms with Gasteiger partial charge in [0.1, 0.15) is 18.2 Å². The maximum Gasteiger partial charge on any atom is 0.129 e. The molecule has 2 aromatic carbocycles. The van der Waals surface area contributed by atoms with Crippen LogP contribution in [-0.4, -0.2) is 49.6 Å². The lowest BCUT2D eigenvalue weighted by Crippen LogP contribution is -2.44. The van der Waals surface area contributed by atoms with Gasteiger partial charge in [0.15, 0.2) is 0 Å². The number of halogens is 1. The van der Waals surface area contributed by atoms with Crippen molar-refractivity contribution in [1.29, 1.82) is 0 Å². The third kappa shape index (κ3) is 5.55. The summed E-state index contributed by atoms with van der Waals surface area (Å²) < 4.78 is 19.3. The zero-order valence-electron chi connectivity index (χ0n) is 15.0. The van der Waals surface area contributed by atoms with E-state index >= 15 is 0 Å². The lowest BCUT2D eigenvalue weighted by molar-refractivity contribution is 0.153. The Hall–Kier alpha value is -1.91. The van der Waals surface area contributed by atoms with Gasteiger partial charge in [0, 0.05) is 31.7 Å². The molecule has 1 heterocycles. The van der Waals surface area contributed by atoms with Crippen molar-refractivity contribution < 1.29 is 9.13 Å². The van der Waals surface area contributed by atoms with E-state index in [0.29, 0.717) is 5.56 Å². The Labute approximate surface area is 150 Å². The van der Waals surface area contributed by atoms with E-state index in [1.54, 1.807) is 12.1 Å². The first-order chi connectivity index (χ1) is 12.2.